The molecule has 2 N–H and O–H groups in total. The van der Waals surface area contributed by atoms with Crippen LogP contribution in [0.5, 0.6) is 0 Å². The highest BCUT2D eigenvalue weighted by molar-refractivity contribution is 6.05. The zero-order chi connectivity index (χ0) is 22.5. The molecule has 0 bridgehead atoms. The summed E-state index contributed by atoms with van der Waals surface area (Å²) in [6.07, 6.45) is 0.149. The van der Waals surface area contributed by atoms with Gasteiger partial charge in [0.25, 0.3) is 11.5 Å². The molecule has 1 aromatic heterocycles. The second-order valence-electron chi connectivity index (χ2n) is 7.40. The number of fused-ring (bicyclic) bond motifs is 1. The number of hydrogen-bond donors (Lipinski definition) is 2. The Labute approximate surface area is 184 Å². The number of hydrazine groups is 1. The molecule has 0 unspecified atom stereocenters. The maximum atomic E-state index is 12.7. The summed E-state index contributed by atoms with van der Waals surface area (Å²) < 4.78 is 1.11. The number of amides is 2. The minimum absolute atomic E-state index is 0.0608. The summed E-state index contributed by atoms with van der Waals surface area (Å²) in [7, 11) is 1.48. The van der Waals surface area contributed by atoms with Gasteiger partial charge in [-0.2, -0.15) is 5.10 Å². The number of benzene rings is 3. The molecular formula is C25H22N4O3. The van der Waals surface area contributed by atoms with Gasteiger partial charge in [0.2, 0.25) is 5.91 Å². The lowest BCUT2D eigenvalue weighted by molar-refractivity contribution is -0.122. The molecule has 0 atom stereocenters. The van der Waals surface area contributed by atoms with Crippen molar-refractivity contribution in [3.63, 3.8) is 0 Å². The van der Waals surface area contributed by atoms with Crippen molar-refractivity contribution in [1.82, 2.24) is 20.6 Å². The molecule has 0 aliphatic rings. The average molecular weight is 426 g/mol. The van der Waals surface area contributed by atoms with Gasteiger partial charge in [-0.05, 0) is 17.2 Å². The minimum Gasteiger partial charge on any atom is -0.273 e. The second-order valence-corrected chi connectivity index (χ2v) is 7.40. The van der Waals surface area contributed by atoms with Crippen molar-refractivity contribution in [1.29, 1.82) is 0 Å². The van der Waals surface area contributed by atoms with Gasteiger partial charge >= 0.3 is 0 Å². The molecule has 0 fully saturated rings. The highest BCUT2D eigenvalue weighted by atomic mass is 16.2. The summed E-state index contributed by atoms with van der Waals surface area (Å²) in [6.45, 7) is 0. The van der Waals surface area contributed by atoms with Gasteiger partial charge in [-0.25, -0.2) is 4.68 Å². The topological polar surface area (TPSA) is 93.1 Å². The maximum absolute atomic E-state index is 12.7. The van der Waals surface area contributed by atoms with E-state index in [2.05, 4.69) is 16.0 Å². The molecule has 0 saturated carbocycles. The van der Waals surface area contributed by atoms with Crippen molar-refractivity contribution in [2.75, 3.05) is 0 Å². The Bertz CT molecular complexity index is 1280. The molecule has 160 valence electrons. The Morgan fingerprint density at radius 2 is 1.34 bits per heavy atom. The summed E-state index contributed by atoms with van der Waals surface area (Å²) >= 11 is 0. The van der Waals surface area contributed by atoms with Crippen LogP contribution in [0.1, 0.15) is 34.0 Å². The van der Waals surface area contributed by atoms with E-state index in [1.54, 1.807) is 24.3 Å². The van der Waals surface area contributed by atoms with Crippen molar-refractivity contribution in [3.8, 4) is 0 Å². The van der Waals surface area contributed by atoms with Crippen molar-refractivity contribution < 1.29 is 9.59 Å². The summed E-state index contributed by atoms with van der Waals surface area (Å²) in [6, 6.07) is 26.2. The van der Waals surface area contributed by atoms with E-state index in [1.807, 2.05) is 60.7 Å². The van der Waals surface area contributed by atoms with Gasteiger partial charge in [0.05, 0.1) is 5.39 Å². The first-order valence-corrected chi connectivity index (χ1v) is 10.2. The first-order chi connectivity index (χ1) is 15.5. The van der Waals surface area contributed by atoms with Gasteiger partial charge in [-0.3, -0.25) is 25.2 Å². The number of nitrogens with one attached hydrogen (secondary N) is 2. The van der Waals surface area contributed by atoms with Crippen LogP contribution in [0.3, 0.4) is 0 Å². The Morgan fingerprint density at radius 3 is 1.94 bits per heavy atom. The summed E-state index contributed by atoms with van der Waals surface area (Å²) in [5.74, 6) is -1.10. The van der Waals surface area contributed by atoms with Crippen LogP contribution < -0.4 is 16.4 Å². The SMILES string of the molecule is Cn1nc(C(=O)NNC(=O)CC(c2ccccc2)c2ccccc2)c2ccccc2c1=O. The predicted octanol–water partition coefficient (Wildman–Crippen LogP) is 2.92. The van der Waals surface area contributed by atoms with Gasteiger partial charge in [-0.1, -0.05) is 78.9 Å². The number of hydrogen-bond acceptors (Lipinski definition) is 4. The lowest BCUT2D eigenvalue weighted by Gasteiger charge is -2.18. The second kappa shape index (κ2) is 9.26. The maximum Gasteiger partial charge on any atom is 0.290 e. The van der Waals surface area contributed by atoms with E-state index in [9.17, 15) is 14.4 Å². The molecule has 1 heterocycles. The van der Waals surface area contributed by atoms with Crippen LogP contribution in [-0.2, 0) is 11.8 Å². The smallest absolute Gasteiger partial charge is 0.273 e. The monoisotopic (exact) mass is 426 g/mol. The van der Waals surface area contributed by atoms with Crippen LogP contribution in [0, 0.1) is 0 Å². The van der Waals surface area contributed by atoms with E-state index in [0.717, 1.165) is 15.8 Å². The number of carbonyl (C=O) groups is 2. The van der Waals surface area contributed by atoms with Gasteiger partial charge in [0, 0.05) is 24.8 Å². The van der Waals surface area contributed by atoms with Crippen LogP contribution in [-0.4, -0.2) is 21.6 Å². The number of aromatic nitrogens is 2. The Hall–Kier alpha value is -4.26. The molecule has 4 aromatic rings. The minimum atomic E-state index is -0.596. The lowest BCUT2D eigenvalue weighted by atomic mass is 9.88. The summed E-state index contributed by atoms with van der Waals surface area (Å²) in [5, 5.41) is 4.88. The third-order valence-electron chi connectivity index (χ3n) is 5.28. The Kier molecular flexibility index (Phi) is 6.07. The normalized spacial score (nSPS) is 10.8. The molecule has 2 amide bonds. The zero-order valence-electron chi connectivity index (χ0n) is 17.5. The van der Waals surface area contributed by atoms with Crippen LogP contribution in [0.4, 0.5) is 0 Å². The van der Waals surface area contributed by atoms with E-state index in [0.29, 0.717) is 10.8 Å². The molecule has 0 saturated heterocycles. The molecule has 32 heavy (non-hydrogen) atoms. The van der Waals surface area contributed by atoms with E-state index < -0.39 is 5.91 Å². The van der Waals surface area contributed by atoms with Gasteiger partial charge in [0.1, 0.15) is 0 Å². The zero-order valence-corrected chi connectivity index (χ0v) is 17.5. The first-order valence-electron chi connectivity index (χ1n) is 10.2. The molecule has 7 heteroatoms. The fourth-order valence-corrected chi connectivity index (χ4v) is 3.69. The Morgan fingerprint density at radius 1 is 0.812 bits per heavy atom. The molecule has 0 aliphatic carbocycles. The summed E-state index contributed by atoms with van der Waals surface area (Å²) in [4.78, 5) is 37.7. The average Bonchev–Trinajstić information content (AvgIpc) is 2.84. The quantitative estimate of drug-likeness (QED) is 0.480. The molecule has 0 radical (unpaired) electrons. The fraction of sp³-hybridized carbons (Fsp3) is 0.120. The van der Waals surface area contributed by atoms with Crippen LogP contribution in [0.15, 0.2) is 89.7 Å². The van der Waals surface area contributed by atoms with E-state index in [1.165, 1.54) is 7.05 Å². The highest BCUT2D eigenvalue weighted by Crippen LogP contribution is 2.27. The highest BCUT2D eigenvalue weighted by Gasteiger charge is 2.20. The van der Waals surface area contributed by atoms with Crippen LogP contribution in [0.25, 0.3) is 10.8 Å². The third kappa shape index (κ3) is 4.41. The van der Waals surface area contributed by atoms with E-state index in [4.69, 9.17) is 0 Å². The first kappa shape index (κ1) is 21.0. The van der Waals surface area contributed by atoms with Gasteiger partial charge in [-0.15, -0.1) is 0 Å². The fourth-order valence-electron chi connectivity index (χ4n) is 3.69. The number of nitrogens with zero attached hydrogens (tertiary/aromatic N) is 2. The van der Waals surface area contributed by atoms with Crippen LogP contribution >= 0.6 is 0 Å². The van der Waals surface area contributed by atoms with Crippen molar-refractivity contribution in [2.45, 2.75) is 12.3 Å². The van der Waals surface area contributed by atoms with E-state index >= 15 is 0 Å². The standard InChI is InChI=1S/C25H22N4O3/c1-29-25(32)20-15-9-8-14-19(20)23(28-29)24(31)27-26-22(30)16-21(17-10-4-2-5-11-17)18-12-6-3-7-13-18/h2-15,21H,16H2,1H3,(H,26,30)(H,27,31). The molecule has 7 nitrogen and oxygen atoms in total. The number of carbonyl (C=O) groups excluding carboxylic acids is 2. The summed E-state index contributed by atoms with van der Waals surface area (Å²) in [5.41, 5.74) is 6.69. The van der Waals surface area contributed by atoms with Gasteiger partial charge < -0.3 is 0 Å². The molecule has 3 aromatic carbocycles. The van der Waals surface area contributed by atoms with E-state index in [-0.39, 0.29) is 29.5 Å². The van der Waals surface area contributed by atoms with Crippen LogP contribution in [0.2, 0.25) is 0 Å². The number of aryl methyl sites for hydroxylation is 1. The molecular weight excluding hydrogens is 404 g/mol. The third-order valence-corrected chi connectivity index (χ3v) is 5.28. The Balaban J connectivity index is 1.51. The number of rotatable bonds is 5. The van der Waals surface area contributed by atoms with Crippen molar-refractivity contribution >= 4 is 22.6 Å². The lowest BCUT2D eigenvalue weighted by Crippen LogP contribution is -2.43. The molecule has 0 aliphatic heterocycles. The molecule has 4 rings (SSSR count). The largest absolute Gasteiger partial charge is 0.290 e. The van der Waals surface area contributed by atoms with Crippen molar-refractivity contribution in [2.24, 2.45) is 7.05 Å². The predicted molar refractivity (Wildman–Crippen MR) is 122 cm³/mol. The molecule has 0 spiro atoms. The van der Waals surface area contributed by atoms with Crippen molar-refractivity contribution in [3.05, 3.63) is 112 Å². The van der Waals surface area contributed by atoms with Gasteiger partial charge in [0.15, 0.2) is 5.69 Å².